The number of nitrogens with one attached hydrogen (secondary N) is 1. The molecule has 1 N–H and O–H groups in total. The van der Waals surface area contributed by atoms with Crippen molar-refractivity contribution in [1.82, 2.24) is 4.98 Å². The predicted molar refractivity (Wildman–Crippen MR) is 92.0 cm³/mol. The second-order valence-corrected chi connectivity index (χ2v) is 6.45. The van der Waals surface area contributed by atoms with Gasteiger partial charge in [-0.1, -0.05) is 15.9 Å². The van der Waals surface area contributed by atoms with Gasteiger partial charge in [-0.15, -0.1) is 11.3 Å². The zero-order chi connectivity index (χ0) is 15.4. The van der Waals surface area contributed by atoms with E-state index in [1.54, 1.807) is 11.8 Å². The molecule has 0 fully saturated rings. The minimum absolute atomic E-state index is 0.0233. The molecule has 0 aliphatic rings. The third kappa shape index (κ3) is 4.04. The van der Waals surface area contributed by atoms with Gasteiger partial charge in [-0.2, -0.15) is 0 Å². The van der Waals surface area contributed by atoms with Gasteiger partial charge in [-0.25, -0.2) is 4.98 Å². The summed E-state index contributed by atoms with van der Waals surface area (Å²) >= 11 is 4.96. The molecule has 0 atom stereocenters. The molecule has 0 spiro atoms. The number of thiazole rings is 1. The summed E-state index contributed by atoms with van der Waals surface area (Å²) in [5.41, 5.74) is 3.21. The summed E-state index contributed by atoms with van der Waals surface area (Å²) in [7, 11) is 0. The van der Waals surface area contributed by atoms with Crippen molar-refractivity contribution in [3.8, 4) is 0 Å². The highest BCUT2D eigenvalue weighted by atomic mass is 79.9. The Morgan fingerprint density at radius 1 is 1.48 bits per heavy atom. The van der Waals surface area contributed by atoms with Crippen molar-refractivity contribution in [2.45, 2.75) is 27.3 Å². The van der Waals surface area contributed by atoms with Crippen LogP contribution in [0.25, 0.3) is 0 Å². The van der Waals surface area contributed by atoms with Gasteiger partial charge in [0.1, 0.15) is 0 Å². The Balaban J connectivity index is 2.04. The number of aryl methyl sites for hydroxylation is 1. The molecule has 0 aliphatic carbocycles. The van der Waals surface area contributed by atoms with Crippen molar-refractivity contribution in [3.05, 3.63) is 39.3 Å². The van der Waals surface area contributed by atoms with Crippen molar-refractivity contribution in [2.75, 3.05) is 16.8 Å². The van der Waals surface area contributed by atoms with Crippen LogP contribution in [0.4, 0.5) is 10.8 Å². The molecule has 1 aromatic heterocycles. The molecule has 4 nitrogen and oxygen atoms in total. The topological polar surface area (TPSA) is 45.2 Å². The number of carbonyl (C=O) groups excluding carboxylic acids is 1. The third-order valence-corrected chi connectivity index (χ3v) is 4.52. The zero-order valence-corrected chi connectivity index (χ0v) is 14.7. The monoisotopic (exact) mass is 367 g/mol. The van der Waals surface area contributed by atoms with Crippen LogP contribution in [0.2, 0.25) is 0 Å². The lowest BCUT2D eigenvalue weighted by Gasteiger charge is -2.14. The SMILES string of the molecule is CCN(C(C)=O)c1nc(CNc2ccc(Br)cc2C)cs1. The Morgan fingerprint density at radius 3 is 2.86 bits per heavy atom. The molecule has 21 heavy (non-hydrogen) atoms. The molecule has 1 heterocycles. The smallest absolute Gasteiger partial charge is 0.225 e. The van der Waals surface area contributed by atoms with Crippen LogP contribution in [0.1, 0.15) is 25.1 Å². The molecular weight excluding hydrogens is 350 g/mol. The molecule has 0 unspecified atom stereocenters. The van der Waals surface area contributed by atoms with E-state index in [1.807, 2.05) is 24.4 Å². The molecule has 1 aromatic carbocycles. The number of benzene rings is 1. The quantitative estimate of drug-likeness (QED) is 0.860. The molecule has 0 radical (unpaired) electrons. The Morgan fingerprint density at radius 2 is 2.24 bits per heavy atom. The first-order chi connectivity index (χ1) is 10.0. The first-order valence-electron chi connectivity index (χ1n) is 6.73. The van der Waals surface area contributed by atoms with Crippen molar-refractivity contribution < 1.29 is 4.79 Å². The number of amides is 1. The molecule has 1 amide bonds. The maximum atomic E-state index is 11.5. The van der Waals surface area contributed by atoms with E-state index >= 15 is 0 Å². The van der Waals surface area contributed by atoms with Crippen molar-refractivity contribution in [1.29, 1.82) is 0 Å². The lowest BCUT2D eigenvalue weighted by Crippen LogP contribution is -2.27. The summed E-state index contributed by atoms with van der Waals surface area (Å²) in [6, 6.07) is 6.13. The number of hydrogen-bond acceptors (Lipinski definition) is 4. The lowest BCUT2D eigenvalue weighted by molar-refractivity contribution is -0.116. The molecular formula is C15H18BrN3OS. The molecule has 0 saturated carbocycles. The fourth-order valence-electron chi connectivity index (χ4n) is 2.01. The highest BCUT2D eigenvalue weighted by Gasteiger charge is 2.13. The molecule has 2 rings (SSSR count). The second-order valence-electron chi connectivity index (χ2n) is 4.70. The van der Waals surface area contributed by atoms with Gasteiger partial charge >= 0.3 is 0 Å². The van der Waals surface area contributed by atoms with E-state index in [1.165, 1.54) is 16.9 Å². The van der Waals surface area contributed by atoms with Crippen LogP contribution in [0.15, 0.2) is 28.1 Å². The highest BCUT2D eigenvalue weighted by molar-refractivity contribution is 9.10. The van der Waals surface area contributed by atoms with Crippen LogP contribution >= 0.6 is 27.3 Å². The summed E-state index contributed by atoms with van der Waals surface area (Å²) < 4.78 is 1.07. The third-order valence-electron chi connectivity index (χ3n) is 3.12. The maximum Gasteiger partial charge on any atom is 0.225 e. The predicted octanol–water partition coefficient (Wildman–Crippen LogP) is 4.20. The number of aromatic nitrogens is 1. The first kappa shape index (κ1) is 16.0. The van der Waals surface area contributed by atoms with Crippen molar-refractivity contribution in [3.63, 3.8) is 0 Å². The van der Waals surface area contributed by atoms with E-state index in [4.69, 9.17) is 0 Å². The van der Waals surface area contributed by atoms with E-state index in [-0.39, 0.29) is 5.91 Å². The van der Waals surface area contributed by atoms with Gasteiger partial charge in [0.2, 0.25) is 5.91 Å². The van der Waals surface area contributed by atoms with Gasteiger partial charge in [0.25, 0.3) is 0 Å². The summed E-state index contributed by atoms with van der Waals surface area (Å²) in [4.78, 5) is 17.7. The standard InChI is InChI=1S/C15H18BrN3OS/c1-4-19(11(3)20)15-18-13(9-21-15)8-17-14-6-5-12(16)7-10(14)2/h5-7,9,17H,4,8H2,1-3H3. The summed E-state index contributed by atoms with van der Waals surface area (Å²) in [5, 5.41) is 6.12. The van der Waals surface area contributed by atoms with Gasteiger partial charge < -0.3 is 5.32 Å². The molecule has 0 bridgehead atoms. The van der Waals surface area contributed by atoms with Gasteiger partial charge in [-0.05, 0) is 37.6 Å². The van der Waals surface area contributed by atoms with Crippen LogP contribution < -0.4 is 10.2 Å². The molecule has 112 valence electrons. The summed E-state index contributed by atoms with van der Waals surface area (Å²) in [6.45, 7) is 6.87. The normalized spacial score (nSPS) is 10.5. The van der Waals surface area contributed by atoms with E-state index < -0.39 is 0 Å². The Bertz CT molecular complexity index is 642. The van der Waals surface area contributed by atoms with Gasteiger partial charge in [0.15, 0.2) is 5.13 Å². The van der Waals surface area contributed by atoms with E-state index in [2.05, 4.69) is 39.2 Å². The van der Waals surface area contributed by atoms with Crippen LogP contribution in [-0.2, 0) is 11.3 Å². The molecule has 2 aromatic rings. The second kappa shape index (κ2) is 7.04. The minimum atomic E-state index is 0.0233. The largest absolute Gasteiger partial charge is 0.379 e. The van der Waals surface area contributed by atoms with Crippen molar-refractivity contribution >= 4 is 44.0 Å². The number of anilines is 2. The number of halogens is 1. The van der Waals surface area contributed by atoms with Crippen LogP contribution in [0.5, 0.6) is 0 Å². The average Bonchev–Trinajstić information content (AvgIpc) is 2.87. The first-order valence-corrected chi connectivity index (χ1v) is 8.41. The number of carbonyl (C=O) groups is 1. The Labute approximate surface area is 137 Å². The van der Waals surface area contributed by atoms with E-state index in [0.717, 1.165) is 21.0 Å². The molecule has 0 aliphatic heterocycles. The Kier molecular flexibility index (Phi) is 5.36. The van der Waals surface area contributed by atoms with Crippen molar-refractivity contribution in [2.24, 2.45) is 0 Å². The molecule has 0 saturated heterocycles. The number of nitrogens with zero attached hydrogens (tertiary/aromatic N) is 2. The number of hydrogen-bond donors (Lipinski definition) is 1. The van der Waals surface area contributed by atoms with Crippen LogP contribution in [0.3, 0.4) is 0 Å². The summed E-state index contributed by atoms with van der Waals surface area (Å²) in [6.07, 6.45) is 0. The highest BCUT2D eigenvalue weighted by Crippen LogP contribution is 2.23. The van der Waals surface area contributed by atoms with E-state index in [0.29, 0.717) is 13.1 Å². The van der Waals surface area contributed by atoms with Crippen LogP contribution in [0, 0.1) is 6.92 Å². The maximum absolute atomic E-state index is 11.5. The Hall–Kier alpha value is -1.40. The lowest BCUT2D eigenvalue weighted by atomic mass is 10.2. The summed E-state index contributed by atoms with van der Waals surface area (Å²) in [5.74, 6) is 0.0233. The van der Waals surface area contributed by atoms with Gasteiger partial charge in [-0.3, -0.25) is 9.69 Å². The molecule has 6 heteroatoms. The minimum Gasteiger partial charge on any atom is -0.379 e. The zero-order valence-electron chi connectivity index (χ0n) is 12.3. The van der Waals surface area contributed by atoms with Gasteiger partial charge in [0.05, 0.1) is 12.2 Å². The van der Waals surface area contributed by atoms with Gasteiger partial charge in [0, 0.05) is 29.0 Å². The number of rotatable bonds is 5. The average molecular weight is 368 g/mol. The van der Waals surface area contributed by atoms with Crippen LogP contribution in [-0.4, -0.2) is 17.4 Å². The fraction of sp³-hybridized carbons (Fsp3) is 0.333. The fourth-order valence-corrected chi connectivity index (χ4v) is 3.41. The van der Waals surface area contributed by atoms with E-state index in [9.17, 15) is 4.79 Å².